The smallest absolute Gasteiger partial charge is 0.171 e. The lowest BCUT2D eigenvalue weighted by Gasteiger charge is -2.05. The average Bonchev–Trinajstić information content (AvgIpc) is 2.84. The van der Waals surface area contributed by atoms with Crippen LogP contribution in [-0.4, -0.2) is 15.1 Å². The zero-order chi connectivity index (χ0) is 13.4. The van der Waals surface area contributed by atoms with Crippen molar-refractivity contribution in [3.63, 3.8) is 0 Å². The number of para-hydroxylation sites is 1. The minimum Gasteiger partial charge on any atom is -0.458 e. The summed E-state index contributed by atoms with van der Waals surface area (Å²) < 4.78 is 5.72. The highest BCUT2D eigenvalue weighted by Gasteiger charge is 2.18. The summed E-state index contributed by atoms with van der Waals surface area (Å²) in [6.07, 6.45) is 2.42. The van der Waals surface area contributed by atoms with E-state index >= 15 is 0 Å². The number of fused-ring (bicyclic) bond motifs is 1. The van der Waals surface area contributed by atoms with Crippen molar-refractivity contribution in [1.82, 2.24) is 9.97 Å². The van der Waals surface area contributed by atoms with Crippen molar-refractivity contribution >= 4 is 11.0 Å². The van der Waals surface area contributed by atoms with Crippen molar-refractivity contribution in [2.24, 2.45) is 0 Å². The summed E-state index contributed by atoms with van der Waals surface area (Å²) in [5.41, 5.74) is 2.79. The van der Waals surface area contributed by atoms with E-state index in [4.69, 9.17) is 4.42 Å². The van der Waals surface area contributed by atoms with Crippen LogP contribution in [-0.2, 0) is 0 Å². The Morgan fingerprint density at radius 1 is 1.16 bits per heavy atom. The normalized spacial score (nSPS) is 12.8. The second-order valence-corrected chi connectivity index (χ2v) is 4.66. The van der Waals surface area contributed by atoms with Gasteiger partial charge in [-0.05, 0) is 31.0 Å². The number of rotatable bonds is 2. The fourth-order valence-corrected chi connectivity index (χ4v) is 2.03. The lowest BCUT2D eigenvalue weighted by molar-refractivity contribution is 0.182. The van der Waals surface area contributed by atoms with Crippen LogP contribution in [0, 0.1) is 13.8 Å². The molecule has 2 heterocycles. The number of hydrogen-bond acceptors (Lipinski definition) is 4. The van der Waals surface area contributed by atoms with E-state index < -0.39 is 6.10 Å². The maximum Gasteiger partial charge on any atom is 0.171 e. The summed E-state index contributed by atoms with van der Waals surface area (Å²) in [6.45, 7) is 3.88. The van der Waals surface area contributed by atoms with Gasteiger partial charge in [0, 0.05) is 17.8 Å². The summed E-state index contributed by atoms with van der Waals surface area (Å²) in [4.78, 5) is 8.25. The van der Waals surface area contributed by atoms with Crippen LogP contribution in [0.25, 0.3) is 11.0 Å². The van der Waals surface area contributed by atoms with E-state index in [-0.39, 0.29) is 0 Å². The molecule has 0 saturated carbocycles. The molecular weight excluding hydrogens is 240 g/mol. The molecule has 1 aromatic carbocycles. The van der Waals surface area contributed by atoms with Gasteiger partial charge in [0.2, 0.25) is 0 Å². The van der Waals surface area contributed by atoms with Crippen LogP contribution < -0.4 is 0 Å². The number of aryl methyl sites for hydroxylation is 2. The Hall–Kier alpha value is -2.20. The number of aliphatic hydroxyl groups excluding tert-OH is 1. The molecule has 1 unspecified atom stereocenters. The third-order valence-electron chi connectivity index (χ3n) is 3.08. The predicted octanol–water partition coefficient (Wildman–Crippen LogP) is 2.92. The van der Waals surface area contributed by atoms with Crippen LogP contribution in [0.5, 0.6) is 0 Å². The zero-order valence-corrected chi connectivity index (χ0v) is 10.8. The van der Waals surface area contributed by atoms with E-state index in [0.29, 0.717) is 11.6 Å². The molecule has 3 rings (SSSR count). The Labute approximate surface area is 110 Å². The summed E-state index contributed by atoms with van der Waals surface area (Å²) in [5, 5.41) is 11.2. The van der Waals surface area contributed by atoms with Gasteiger partial charge in [-0.1, -0.05) is 18.2 Å². The quantitative estimate of drug-likeness (QED) is 0.763. The molecule has 96 valence electrons. The van der Waals surface area contributed by atoms with E-state index in [0.717, 1.165) is 22.1 Å². The number of aromatic nitrogens is 2. The van der Waals surface area contributed by atoms with E-state index in [2.05, 4.69) is 9.97 Å². The number of nitrogens with zero attached hydrogens (tertiary/aromatic N) is 2. The molecule has 1 atom stereocenters. The summed E-state index contributed by atoms with van der Waals surface area (Å²) in [5.74, 6) is 0.815. The van der Waals surface area contributed by atoms with Gasteiger partial charge in [0.1, 0.15) is 11.3 Å². The molecule has 0 amide bonds. The Bertz CT molecular complexity index is 717. The van der Waals surface area contributed by atoms with Gasteiger partial charge in [-0.2, -0.15) is 0 Å². The van der Waals surface area contributed by atoms with Crippen LogP contribution in [0.1, 0.15) is 28.8 Å². The third kappa shape index (κ3) is 2.11. The van der Waals surface area contributed by atoms with Crippen molar-refractivity contribution < 1.29 is 9.52 Å². The number of hydrogen-bond donors (Lipinski definition) is 1. The summed E-state index contributed by atoms with van der Waals surface area (Å²) in [7, 11) is 0. The van der Waals surface area contributed by atoms with Gasteiger partial charge in [0.15, 0.2) is 11.9 Å². The zero-order valence-electron chi connectivity index (χ0n) is 10.8. The highest BCUT2D eigenvalue weighted by Crippen LogP contribution is 2.28. The molecule has 19 heavy (non-hydrogen) atoms. The Morgan fingerprint density at radius 2 is 1.89 bits per heavy atom. The molecule has 1 N–H and O–H groups in total. The van der Waals surface area contributed by atoms with E-state index in [1.54, 1.807) is 12.4 Å². The molecule has 4 heteroatoms. The molecule has 0 spiro atoms. The molecule has 0 saturated heterocycles. The standard InChI is InChI=1S/C15H14N2O2/c1-9-7-16-15(17-8-9)13(18)12-6-11-5-3-4-10(2)14(11)19-12/h3-8,13,18H,1-2H3. The van der Waals surface area contributed by atoms with E-state index in [9.17, 15) is 5.11 Å². The fraction of sp³-hybridized carbons (Fsp3) is 0.200. The molecule has 0 aliphatic heterocycles. The number of aliphatic hydroxyl groups is 1. The van der Waals surface area contributed by atoms with Crippen LogP contribution in [0.15, 0.2) is 41.1 Å². The summed E-state index contributed by atoms with van der Waals surface area (Å²) >= 11 is 0. The second-order valence-electron chi connectivity index (χ2n) is 4.66. The van der Waals surface area contributed by atoms with Gasteiger partial charge in [0.25, 0.3) is 0 Å². The maximum atomic E-state index is 10.3. The Balaban J connectivity index is 2.04. The van der Waals surface area contributed by atoms with Gasteiger partial charge >= 0.3 is 0 Å². The molecule has 0 fully saturated rings. The Morgan fingerprint density at radius 3 is 2.58 bits per heavy atom. The van der Waals surface area contributed by atoms with Crippen molar-refractivity contribution in [2.45, 2.75) is 20.0 Å². The molecule has 4 nitrogen and oxygen atoms in total. The largest absolute Gasteiger partial charge is 0.458 e. The summed E-state index contributed by atoms with van der Waals surface area (Å²) in [6, 6.07) is 7.73. The van der Waals surface area contributed by atoms with Crippen molar-refractivity contribution in [2.75, 3.05) is 0 Å². The Kier molecular flexibility index (Phi) is 2.80. The molecule has 2 aromatic heterocycles. The molecule has 3 aromatic rings. The predicted molar refractivity (Wildman–Crippen MR) is 71.8 cm³/mol. The van der Waals surface area contributed by atoms with Crippen LogP contribution in [0.4, 0.5) is 0 Å². The number of furan rings is 1. The maximum absolute atomic E-state index is 10.3. The van der Waals surface area contributed by atoms with Gasteiger partial charge in [-0.3, -0.25) is 0 Å². The first-order valence-electron chi connectivity index (χ1n) is 6.11. The second kappa shape index (κ2) is 4.48. The van der Waals surface area contributed by atoms with Crippen LogP contribution in [0.3, 0.4) is 0 Å². The first-order valence-corrected chi connectivity index (χ1v) is 6.11. The molecular formula is C15H14N2O2. The van der Waals surface area contributed by atoms with Crippen molar-refractivity contribution in [3.8, 4) is 0 Å². The van der Waals surface area contributed by atoms with Gasteiger partial charge in [0.05, 0.1) is 0 Å². The molecule has 0 bridgehead atoms. The lowest BCUT2D eigenvalue weighted by Crippen LogP contribution is -2.04. The van der Waals surface area contributed by atoms with Gasteiger partial charge < -0.3 is 9.52 Å². The van der Waals surface area contributed by atoms with Gasteiger partial charge in [-0.15, -0.1) is 0 Å². The van der Waals surface area contributed by atoms with Crippen LogP contribution in [0.2, 0.25) is 0 Å². The van der Waals surface area contributed by atoms with Crippen LogP contribution >= 0.6 is 0 Å². The van der Waals surface area contributed by atoms with Crippen molar-refractivity contribution in [3.05, 3.63) is 59.4 Å². The minimum absolute atomic E-state index is 0.349. The highest BCUT2D eigenvalue weighted by atomic mass is 16.4. The average molecular weight is 254 g/mol. The lowest BCUT2D eigenvalue weighted by atomic mass is 10.1. The molecule has 0 radical (unpaired) electrons. The van der Waals surface area contributed by atoms with Crippen molar-refractivity contribution in [1.29, 1.82) is 0 Å². The first kappa shape index (κ1) is 11.9. The highest BCUT2D eigenvalue weighted by molar-refractivity contribution is 5.81. The third-order valence-corrected chi connectivity index (χ3v) is 3.08. The first-order chi connectivity index (χ1) is 9.15. The number of benzene rings is 1. The molecule has 0 aliphatic rings. The topological polar surface area (TPSA) is 59.2 Å². The fourth-order valence-electron chi connectivity index (χ4n) is 2.03. The monoisotopic (exact) mass is 254 g/mol. The van der Waals surface area contributed by atoms with E-state index in [1.807, 2.05) is 38.1 Å². The van der Waals surface area contributed by atoms with Gasteiger partial charge in [-0.25, -0.2) is 9.97 Å². The molecule has 0 aliphatic carbocycles. The minimum atomic E-state index is -0.938. The SMILES string of the molecule is Cc1cnc(C(O)c2cc3cccc(C)c3o2)nc1. The van der Waals surface area contributed by atoms with E-state index in [1.165, 1.54) is 0 Å².